The molecule has 2 fully saturated rings. The first kappa shape index (κ1) is 18.3. The molecule has 1 saturated carbocycles. The first-order valence-electron chi connectivity index (χ1n) is 9.72. The van der Waals surface area contributed by atoms with Gasteiger partial charge in [-0.05, 0) is 36.6 Å². The zero-order chi connectivity index (χ0) is 19.5. The average Bonchev–Trinajstić information content (AvgIpc) is 3.49. The van der Waals surface area contributed by atoms with E-state index in [1.54, 1.807) is 7.11 Å². The molecule has 1 aliphatic heterocycles. The van der Waals surface area contributed by atoms with Crippen molar-refractivity contribution >= 4 is 17.6 Å². The summed E-state index contributed by atoms with van der Waals surface area (Å²) >= 11 is 0. The normalized spacial score (nSPS) is 18.8. The van der Waals surface area contributed by atoms with E-state index in [0.717, 1.165) is 42.0 Å². The van der Waals surface area contributed by atoms with Gasteiger partial charge in [0.1, 0.15) is 5.75 Å². The zero-order valence-electron chi connectivity index (χ0n) is 16.0. The second kappa shape index (κ2) is 7.92. The van der Waals surface area contributed by atoms with Crippen LogP contribution in [0.1, 0.15) is 19.3 Å². The van der Waals surface area contributed by atoms with Gasteiger partial charge in [-0.2, -0.15) is 0 Å². The smallest absolute Gasteiger partial charge is 0.319 e. The number of para-hydroxylation sites is 1. The number of amides is 3. The number of carbonyl (C=O) groups excluding carboxylic acids is 2. The Labute approximate surface area is 164 Å². The Kier molecular flexibility index (Phi) is 5.19. The third-order valence-corrected chi connectivity index (χ3v) is 5.35. The predicted octanol–water partition coefficient (Wildman–Crippen LogP) is 3.49. The minimum atomic E-state index is -0.252. The second-order valence-corrected chi connectivity index (χ2v) is 7.46. The van der Waals surface area contributed by atoms with Gasteiger partial charge in [0.05, 0.1) is 12.8 Å². The van der Waals surface area contributed by atoms with E-state index in [4.69, 9.17) is 4.74 Å². The number of carbonyl (C=O) groups is 2. The van der Waals surface area contributed by atoms with E-state index in [-0.39, 0.29) is 17.9 Å². The fourth-order valence-corrected chi connectivity index (χ4v) is 3.70. The quantitative estimate of drug-likeness (QED) is 0.807. The van der Waals surface area contributed by atoms with E-state index in [0.29, 0.717) is 19.0 Å². The molecule has 1 saturated heterocycles. The highest BCUT2D eigenvalue weighted by molar-refractivity contribution is 5.94. The fourth-order valence-electron chi connectivity index (χ4n) is 3.70. The van der Waals surface area contributed by atoms with Crippen LogP contribution >= 0.6 is 0 Å². The van der Waals surface area contributed by atoms with Crippen molar-refractivity contribution in [3.8, 4) is 16.9 Å². The van der Waals surface area contributed by atoms with Crippen LogP contribution in [0.4, 0.5) is 10.5 Å². The van der Waals surface area contributed by atoms with Crippen LogP contribution in [0, 0.1) is 5.92 Å². The number of likely N-dealkylation sites (tertiary alicyclic amines) is 1. The van der Waals surface area contributed by atoms with Gasteiger partial charge in [-0.25, -0.2) is 4.79 Å². The first-order chi connectivity index (χ1) is 13.6. The molecule has 6 nitrogen and oxygen atoms in total. The van der Waals surface area contributed by atoms with Crippen LogP contribution in [0.5, 0.6) is 5.75 Å². The molecular weight excluding hydrogens is 354 g/mol. The van der Waals surface area contributed by atoms with Crippen LogP contribution in [0.25, 0.3) is 11.1 Å². The monoisotopic (exact) mass is 379 g/mol. The highest BCUT2D eigenvalue weighted by Crippen LogP contribution is 2.32. The Morgan fingerprint density at radius 1 is 1.14 bits per heavy atom. The molecule has 6 heteroatoms. The van der Waals surface area contributed by atoms with Crippen LogP contribution in [0.15, 0.2) is 48.5 Å². The van der Waals surface area contributed by atoms with Gasteiger partial charge >= 0.3 is 6.03 Å². The van der Waals surface area contributed by atoms with E-state index in [2.05, 4.69) is 10.6 Å². The lowest BCUT2D eigenvalue weighted by Gasteiger charge is -2.16. The van der Waals surface area contributed by atoms with Crippen LogP contribution < -0.4 is 15.4 Å². The first-order valence-corrected chi connectivity index (χ1v) is 9.72. The summed E-state index contributed by atoms with van der Waals surface area (Å²) in [7, 11) is 1.64. The minimum Gasteiger partial charge on any atom is -0.497 e. The van der Waals surface area contributed by atoms with Gasteiger partial charge in [-0.3, -0.25) is 4.79 Å². The van der Waals surface area contributed by atoms with Crippen molar-refractivity contribution in [3.63, 3.8) is 0 Å². The maximum Gasteiger partial charge on any atom is 0.319 e. The molecule has 4 rings (SSSR count). The maximum atomic E-state index is 12.4. The fraction of sp³-hybridized carbons (Fsp3) is 0.364. The lowest BCUT2D eigenvalue weighted by atomic mass is 10.0. The lowest BCUT2D eigenvalue weighted by Crippen LogP contribution is -2.34. The summed E-state index contributed by atoms with van der Waals surface area (Å²) < 4.78 is 5.21. The number of hydrogen-bond acceptors (Lipinski definition) is 3. The van der Waals surface area contributed by atoms with E-state index in [9.17, 15) is 9.59 Å². The molecule has 2 aromatic carbocycles. The molecule has 0 bridgehead atoms. The molecule has 2 aliphatic rings. The Morgan fingerprint density at radius 2 is 1.89 bits per heavy atom. The highest BCUT2D eigenvalue weighted by Gasteiger charge is 2.39. The zero-order valence-corrected chi connectivity index (χ0v) is 16.0. The number of nitrogens with zero attached hydrogens (tertiary/aromatic N) is 1. The summed E-state index contributed by atoms with van der Waals surface area (Å²) in [4.78, 5) is 26.4. The van der Waals surface area contributed by atoms with Crippen LogP contribution in [0.3, 0.4) is 0 Å². The molecule has 0 radical (unpaired) electrons. The molecule has 2 N–H and O–H groups in total. The maximum absolute atomic E-state index is 12.4. The third kappa shape index (κ3) is 4.11. The summed E-state index contributed by atoms with van der Waals surface area (Å²) in [6, 6.07) is 15.6. The third-order valence-electron chi connectivity index (χ3n) is 5.35. The molecule has 146 valence electrons. The second-order valence-electron chi connectivity index (χ2n) is 7.46. The van der Waals surface area contributed by atoms with Crippen molar-refractivity contribution in [2.75, 3.05) is 25.5 Å². The Bertz CT molecular complexity index is 862. The molecule has 28 heavy (non-hydrogen) atoms. The molecule has 0 spiro atoms. The van der Waals surface area contributed by atoms with Gasteiger partial charge in [-0.1, -0.05) is 30.3 Å². The number of rotatable bonds is 6. The average molecular weight is 379 g/mol. The van der Waals surface area contributed by atoms with Crippen molar-refractivity contribution in [1.82, 2.24) is 10.2 Å². The van der Waals surface area contributed by atoms with Crippen LogP contribution in [0.2, 0.25) is 0 Å². The Balaban J connectivity index is 1.36. The Hall–Kier alpha value is -3.02. The number of nitrogens with one attached hydrogen (secondary N) is 2. The van der Waals surface area contributed by atoms with Crippen molar-refractivity contribution in [2.45, 2.75) is 25.3 Å². The van der Waals surface area contributed by atoms with Crippen molar-refractivity contribution in [3.05, 3.63) is 48.5 Å². The molecule has 0 aromatic heterocycles. The molecule has 1 heterocycles. The predicted molar refractivity (Wildman–Crippen MR) is 108 cm³/mol. The summed E-state index contributed by atoms with van der Waals surface area (Å²) in [5, 5.41) is 5.86. The number of urea groups is 1. The van der Waals surface area contributed by atoms with Gasteiger partial charge < -0.3 is 20.3 Å². The molecule has 3 amide bonds. The van der Waals surface area contributed by atoms with Crippen LogP contribution in [-0.4, -0.2) is 43.1 Å². The van der Waals surface area contributed by atoms with E-state index < -0.39 is 0 Å². The molecule has 2 aromatic rings. The van der Waals surface area contributed by atoms with Crippen molar-refractivity contribution in [1.29, 1.82) is 0 Å². The number of benzene rings is 2. The van der Waals surface area contributed by atoms with Gasteiger partial charge in [0.15, 0.2) is 0 Å². The molecule has 1 aliphatic carbocycles. The van der Waals surface area contributed by atoms with Gasteiger partial charge in [0, 0.05) is 37.0 Å². The van der Waals surface area contributed by atoms with E-state index in [1.807, 2.05) is 53.4 Å². The Morgan fingerprint density at radius 3 is 2.61 bits per heavy atom. The van der Waals surface area contributed by atoms with Gasteiger partial charge in [0.25, 0.3) is 0 Å². The molecule has 0 unspecified atom stereocenters. The molecular formula is C22H25N3O3. The number of anilines is 1. The summed E-state index contributed by atoms with van der Waals surface area (Å²) in [6.07, 6.45) is 2.77. The molecule has 1 atom stereocenters. The largest absolute Gasteiger partial charge is 0.497 e. The minimum absolute atomic E-state index is 0.190. The van der Waals surface area contributed by atoms with Crippen molar-refractivity contribution < 1.29 is 14.3 Å². The SMILES string of the molecule is COc1ccc(-c2ccccc2NC(=O)NC[C@H]2CC(=O)N(C3CC3)C2)cc1. The van der Waals surface area contributed by atoms with Crippen LogP contribution in [-0.2, 0) is 4.79 Å². The summed E-state index contributed by atoms with van der Waals surface area (Å²) in [5.74, 6) is 1.20. The van der Waals surface area contributed by atoms with Gasteiger partial charge in [0.2, 0.25) is 5.91 Å². The van der Waals surface area contributed by atoms with Crippen molar-refractivity contribution in [2.24, 2.45) is 5.92 Å². The number of ether oxygens (including phenoxy) is 1. The lowest BCUT2D eigenvalue weighted by molar-refractivity contribution is -0.128. The van der Waals surface area contributed by atoms with Gasteiger partial charge in [-0.15, -0.1) is 0 Å². The van der Waals surface area contributed by atoms with E-state index >= 15 is 0 Å². The number of methoxy groups -OCH3 is 1. The summed E-state index contributed by atoms with van der Waals surface area (Å²) in [6.45, 7) is 1.26. The number of hydrogen-bond donors (Lipinski definition) is 2. The topological polar surface area (TPSA) is 70.7 Å². The summed E-state index contributed by atoms with van der Waals surface area (Å²) in [5.41, 5.74) is 2.68. The van der Waals surface area contributed by atoms with E-state index in [1.165, 1.54) is 0 Å². The standard InChI is InChI=1S/C22H25N3O3/c1-28-18-10-6-16(7-11-18)19-4-2-3-5-20(19)24-22(27)23-13-15-12-21(26)25(14-15)17-8-9-17/h2-7,10-11,15,17H,8-9,12-14H2,1H3,(H2,23,24,27)/t15-/m1/s1. The highest BCUT2D eigenvalue weighted by atomic mass is 16.5.